The third-order valence-electron chi connectivity index (χ3n) is 4.52. The molecule has 1 amide bonds. The summed E-state index contributed by atoms with van der Waals surface area (Å²) < 4.78 is 52.8. The summed E-state index contributed by atoms with van der Waals surface area (Å²) >= 11 is 0. The van der Waals surface area contributed by atoms with Gasteiger partial charge >= 0.3 is 0 Å². The van der Waals surface area contributed by atoms with Gasteiger partial charge in [-0.05, 0) is 55.7 Å². The van der Waals surface area contributed by atoms with Crippen molar-refractivity contribution in [2.24, 2.45) is 5.92 Å². The van der Waals surface area contributed by atoms with Crippen LogP contribution in [0.3, 0.4) is 0 Å². The number of sulfonamides is 1. The molecule has 6 nitrogen and oxygen atoms in total. The van der Waals surface area contributed by atoms with Crippen LogP contribution in [-0.4, -0.2) is 36.7 Å². The topological polar surface area (TPSA) is 79.4 Å². The maximum absolute atomic E-state index is 13.4. The van der Waals surface area contributed by atoms with Crippen LogP contribution in [0.1, 0.15) is 18.4 Å². The smallest absolute Gasteiger partial charge is 0.243 e. The van der Waals surface area contributed by atoms with Crippen LogP contribution < -0.4 is 5.32 Å². The Hall–Kier alpha value is -2.39. The lowest BCUT2D eigenvalue weighted by Crippen LogP contribution is -2.41. The first-order valence-corrected chi connectivity index (χ1v) is 9.90. The van der Waals surface area contributed by atoms with Crippen LogP contribution in [0.5, 0.6) is 0 Å². The molecular formula is C18H19F2N3O3S. The summed E-state index contributed by atoms with van der Waals surface area (Å²) in [4.78, 5) is 16.2. The molecule has 0 unspecified atom stereocenters. The van der Waals surface area contributed by atoms with Crippen molar-refractivity contribution in [2.45, 2.75) is 24.7 Å². The van der Waals surface area contributed by atoms with Crippen LogP contribution in [0.25, 0.3) is 0 Å². The Morgan fingerprint density at radius 2 is 1.85 bits per heavy atom. The highest BCUT2D eigenvalue weighted by molar-refractivity contribution is 7.89. The van der Waals surface area contributed by atoms with Gasteiger partial charge in [0.05, 0.1) is 4.90 Å². The average Bonchev–Trinajstić information content (AvgIpc) is 2.64. The Morgan fingerprint density at radius 1 is 1.15 bits per heavy atom. The first-order chi connectivity index (χ1) is 12.8. The van der Waals surface area contributed by atoms with Gasteiger partial charge in [0.25, 0.3) is 0 Å². The highest BCUT2D eigenvalue weighted by Crippen LogP contribution is 2.25. The molecular weight excluding hydrogens is 376 g/mol. The molecule has 2 heterocycles. The van der Waals surface area contributed by atoms with Gasteiger partial charge in [-0.2, -0.15) is 4.31 Å². The summed E-state index contributed by atoms with van der Waals surface area (Å²) in [7, 11) is -3.93. The van der Waals surface area contributed by atoms with Crippen LogP contribution in [0.2, 0.25) is 0 Å². The summed E-state index contributed by atoms with van der Waals surface area (Å²) in [6.07, 6.45) is 2.27. The number of aryl methyl sites for hydroxylation is 1. The first-order valence-electron chi connectivity index (χ1n) is 8.46. The minimum atomic E-state index is -3.93. The highest BCUT2D eigenvalue weighted by atomic mass is 32.2. The molecule has 0 bridgehead atoms. The number of carbonyl (C=O) groups excluding carboxylic acids is 1. The SMILES string of the molecule is Cc1ccnc(NC(=O)C2CCN(S(=O)(=O)c3ccc(F)c(F)c3)CC2)c1. The van der Waals surface area contributed by atoms with Crippen molar-refractivity contribution >= 4 is 21.7 Å². The quantitative estimate of drug-likeness (QED) is 0.863. The van der Waals surface area contributed by atoms with Crippen molar-refractivity contribution in [2.75, 3.05) is 18.4 Å². The van der Waals surface area contributed by atoms with Gasteiger partial charge in [0.2, 0.25) is 15.9 Å². The van der Waals surface area contributed by atoms with E-state index in [9.17, 15) is 22.0 Å². The second-order valence-electron chi connectivity index (χ2n) is 6.46. The number of anilines is 1. The predicted octanol–water partition coefficient (Wildman–Crippen LogP) is 2.71. The number of pyridine rings is 1. The normalized spacial score (nSPS) is 16.3. The van der Waals surface area contributed by atoms with Crippen molar-refractivity contribution in [1.29, 1.82) is 0 Å². The maximum Gasteiger partial charge on any atom is 0.243 e. The van der Waals surface area contributed by atoms with Crippen molar-refractivity contribution < 1.29 is 22.0 Å². The fourth-order valence-electron chi connectivity index (χ4n) is 2.98. The van der Waals surface area contributed by atoms with Gasteiger partial charge in [0.1, 0.15) is 5.82 Å². The van der Waals surface area contributed by atoms with Gasteiger partial charge < -0.3 is 5.32 Å². The Morgan fingerprint density at radius 3 is 2.48 bits per heavy atom. The molecule has 144 valence electrons. The molecule has 0 spiro atoms. The summed E-state index contributed by atoms with van der Waals surface area (Å²) in [5, 5.41) is 2.74. The second kappa shape index (κ2) is 7.69. The van der Waals surface area contributed by atoms with E-state index in [-0.39, 0.29) is 29.8 Å². The van der Waals surface area contributed by atoms with Crippen molar-refractivity contribution in [3.8, 4) is 0 Å². The van der Waals surface area contributed by atoms with E-state index >= 15 is 0 Å². The number of amides is 1. The number of nitrogens with one attached hydrogen (secondary N) is 1. The summed E-state index contributed by atoms with van der Waals surface area (Å²) in [5.74, 6) is -2.41. The fourth-order valence-corrected chi connectivity index (χ4v) is 4.46. The van der Waals surface area contributed by atoms with E-state index in [1.807, 2.05) is 13.0 Å². The van der Waals surface area contributed by atoms with Gasteiger partial charge in [-0.15, -0.1) is 0 Å². The molecule has 2 aromatic rings. The molecule has 0 radical (unpaired) electrons. The second-order valence-corrected chi connectivity index (χ2v) is 8.40. The van der Waals surface area contributed by atoms with Crippen molar-refractivity contribution in [1.82, 2.24) is 9.29 Å². The number of benzene rings is 1. The third-order valence-corrected chi connectivity index (χ3v) is 6.41. The third kappa shape index (κ3) is 4.30. The van der Waals surface area contributed by atoms with E-state index in [1.165, 1.54) is 4.31 Å². The zero-order valence-corrected chi connectivity index (χ0v) is 15.5. The van der Waals surface area contributed by atoms with E-state index in [0.717, 1.165) is 17.7 Å². The number of piperidine rings is 1. The van der Waals surface area contributed by atoms with E-state index in [2.05, 4.69) is 10.3 Å². The molecule has 1 saturated heterocycles. The van der Waals surface area contributed by atoms with Crippen LogP contribution in [0.4, 0.5) is 14.6 Å². The largest absolute Gasteiger partial charge is 0.310 e. The van der Waals surface area contributed by atoms with Gasteiger partial charge in [-0.1, -0.05) is 0 Å². The van der Waals surface area contributed by atoms with Crippen LogP contribution in [0.15, 0.2) is 41.4 Å². The number of hydrogen-bond donors (Lipinski definition) is 1. The standard InChI is InChI=1S/C18H19F2N3O3S/c1-12-4-7-21-17(10-12)22-18(24)13-5-8-23(9-6-13)27(25,26)14-2-3-15(19)16(20)11-14/h2-4,7,10-11,13H,5-6,8-9H2,1H3,(H,21,22,24). The van der Waals surface area contributed by atoms with Gasteiger partial charge in [0.15, 0.2) is 11.6 Å². The molecule has 1 N–H and O–H groups in total. The Kier molecular flexibility index (Phi) is 5.52. The number of rotatable bonds is 4. The van der Waals surface area contributed by atoms with Crippen LogP contribution in [0, 0.1) is 24.5 Å². The first kappa shape index (κ1) is 19.4. The molecule has 1 aromatic carbocycles. The molecule has 0 atom stereocenters. The van der Waals surface area contributed by atoms with E-state index < -0.39 is 21.7 Å². The molecule has 1 aliphatic heterocycles. The summed E-state index contributed by atoms with van der Waals surface area (Å²) in [6.45, 7) is 2.14. The van der Waals surface area contributed by atoms with Crippen LogP contribution in [-0.2, 0) is 14.8 Å². The van der Waals surface area contributed by atoms with Crippen LogP contribution >= 0.6 is 0 Å². The number of hydrogen-bond acceptors (Lipinski definition) is 4. The molecule has 1 aliphatic rings. The molecule has 9 heteroatoms. The van der Waals surface area contributed by atoms with E-state index in [4.69, 9.17) is 0 Å². The van der Waals surface area contributed by atoms with E-state index in [0.29, 0.717) is 24.7 Å². The van der Waals surface area contributed by atoms with E-state index in [1.54, 1.807) is 12.3 Å². The van der Waals surface area contributed by atoms with Gasteiger partial charge in [-0.25, -0.2) is 22.2 Å². The average molecular weight is 395 g/mol. The maximum atomic E-state index is 13.4. The van der Waals surface area contributed by atoms with Crippen molar-refractivity contribution in [3.63, 3.8) is 0 Å². The Balaban J connectivity index is 1.64. The predicted molar refractivity (Wildman–Crippen MR) is 95.4 cm³/mol. The molecule has 27 heavy (non-hydrogen) atoms. The highest BCUT2D eigenvalue weighted by Gasteiger charge is 2.32. The number of carbonyl (C=O) groups is 1. The molecule has 1 fully saturated rings. The zero-order chi connectivity index (χ0) is 19.6. The fraction of sp³-hybridized carbons (Fsp3) is 0.333. The Bertz CT molecular complexity index is 958. The van der Waals surface area contributed by atoms with Gasteiger partial charge in [-0.3, -0.25) is 4.79 Å². The molecule has 0 aliphatic carbocycles. The number of aromatic nitrogens is 1. The zero-order valence-electron chi connectivity index (χ0n) is 14.7. The lowest BCUT2D eigenvalue weighted by molar-refractivity contribution is -0.120. The minimum Gasteiger partial charge on any atom is -0.310 e. The monoisotopic (exact) mass is 395 g/mol. The summed E-state index contributed by atoms with van der Waals surface area (Å²) in [6, 6.07) is 6.07. The summed E-state index contributed by atoms with van der Waals surface area (Å²) in [5.41, 5.74) is 0.966. The molecule has 3 rings (SSSR count). The van der Waals surface area contributed by atoms with Crippen molar-refractivity contribution in [3.05, 3.63) is 53.7 Å². The minimum absolute atomic E-state index is 0.126. The lowest BCUT2D eigenvalue weighted by atomic mass is 9.97. The van der Waals surface area contributed by atoms with Gasteiger partial charge in [0, 0.05) is 25.2 Å². The molecule has 0 saturated carbocycles. The molecule has 1 aromatic heterocycles. The Labute approximate surface area is 156 Å². The lowest BCUT2D eigenvalue weighted by Gasteiger charge is -2.30. The number of halogens is 2. The number of nitrogens with zero attached hydrogens (tertiary/aromatic N) is 2.